The van der Waals surface area contributed by atoms with Crippen molar-refractivity contribution in [3.8, 4) is 0 Å². The topological polar surface area (TPSA) is 52.6 Å². The molecule has 0 unspecified atom stereocenters. The summed E-state index contributed by atoms with van der Waals surface area (Å²) in [5.41, 5.74) is 1.12. The number of rotatable bonds is 5. The number of urea groups is 1. The van der Waals surface area contributed by atoms with E-state index in [1.165, 1.54) is 0 Å². The number of nitrogens with zero attached hydrogens (tertiary/aromatic N) is 1. The zero-order valence-electron chi connectivity index (χ0n) is 12.7. The van der Waals surface area contributed by atoms with Gasteiger partial charge in [0.05, 0.1) is 6.54 Å². The maximum absolute atomic E-state index is 12.6. The Hall–Kier alpha value is -2.54. The van der Waals surface area contributed by atoms with E-state index in [9.17, 15) is 23.1 Å². The second-order valence-electron chi connectivity index (χ2n) is 5.22. The number of alkyl halides is 3. The highest BCUT2D eigenvalue weighted by atomic mass is 19.4. The minimum atomic E-state index is -4.79. The smallest absolute Gasteiger partial charge is 0.382 e. The fourth-order valence-corrected chi connectivity index (χ4v) is 2.06. The summed E-state index contributed by atoms with van der Waals surface area (Å²) in [6, 6.07) is 16.3. The van der Waals surface area contributed by atoms with E-state index in [1.807, 2.05) is 0 Å². The van der Waals surface area contributed by atoms with Crippen molar-refractivity contribution < 1.29 is 23.1 Å². The first-order valence-electron chi connectivity index (χ1n) is 7.26. The van der Waals surface area contributed by atoms with Gasteiger partial charge >= 0.3 is 12.2 Å². The van der Waals surface area contributed by atoms with Gasteiger partial charge in [-0.25, -0.2) is 4.79 Å². The van der Waals surface area contributed by atoms with Gasteiger partial charge in [0.2, 0.25) is 0 Å². The van der Waals surface area contributed by atoms with Crippen LogP contribution in [0.5, 0.6) is 0 Å². The summed E-state index contributed by atoms with van der Waals surface area (Å²) in [5.74, 6) is 0. The number of para-hydroxylation sites is 1. The molecule has 0 aliphatic carbocycles. The number of aliphatic hydroxyl groups excluding tert-OH is 1. The molecule has 128 valence electrons. The molecule has 0 spiro atoms. The third-order valence-corrected chi connectivity index (χ3v) is 3.30. The van der Waals surface area contributed by atoms with E-state index >= 15 is 0 Å². The van der Waals surface area contributed by atoms with Crippen molar-refractivity contribution in [3.05, 3.63) is 66.2 Å². The van der Waals surface area contributed by atoms with Crippen molar-refractivity contribution >= 4 is 11.7 Å². The zero-order valence-corrected chi connectivity index (χ0v) is 12.7. The van der Waals surface area contributed by atoms with Gasteiger partial charge < -0.3 is 15.3 Å². The molecule has 0 radical (unpaired) electrons. The monoisotopic (exact) mass is 338 g/mol. The summed E-state index contributed by atoms with van der Waals surface area (Å²) in [7, 11) is 0. The molecular formula is C17H17F3N2O2. The highest BCUT2D eigenvalue weighted by molar-refractivity contribution is 5.89. The van der Waals surface area contributed by atoms with Gasteiger partial charge in [0.15, 0.2) is 6.10 Å². The molecule has 0 bridgehead atoms. The summed E-state index contributed by atoms with van der Waals surface area (Å²) in [5, 5.41) is 11.8. The van der Waals surface area contributed by atoms with Crippen LogP contribution in [0.2, 0.25) is 0 Å². The zero-order chi connectivity index (χ0) is 17.6. The molecule has 0 saturated carbocycles. The van der Waals surface area contributed by atoms with E-state index in [-0.39, 0.29) is 6.54 Å². The summed E-state index contributed by atoms with van der Waals surface area (Å²) < 4.78 is 37.9. The Labute approximate surface area is 137 Å². The number of nitrogens with one attached hydrogen (secondary N) is 1. The molecule has 2 amide bonds. The Bertz CT molecular complexity index is 648. The third kappa shape index (κ3) is 5.27. The van der Waals surface area contributed by atoms with Crippen LogP contribution in [0.3, 0.4) is 0 Å². The summed E-state index contributed by atoms with van der Waals surface area (Å²) in [6.07, 6.45) is -7.40. The summed E-state index contributed by atoms with van der Waals surface area (Å²) in [4.78, 5) is 13.2. The van der Waals surface area contributed by atoms with E-state index in [4.69, 9.17) is 0 Å². The molecule has 0 aromatic heterocycles. The largest absolute Gasteiger partial charge is 0.416 e. The van der Waals surface area contributed by atoms with Crippen LogP contribution in [0.1, 0.15) is 5.56 Å². The normalized spacial score (nSPS) is 12.5. The maximum Gasteiger partial charge on any atom is 0.416 e. The Balaban J connectivity index is 2.13. The SMILES string of the molecule is O=C(Nc1ccccc1)N(Cc1ccccc1)C[C@H](O)C(F)(F)F. The predicted molar refractivity (Wildman–Crippen MR) is 84.4 cm³/mol. The van der Waals surface area contributed by atoms with Crippen molar-refractivity contribution in [1.82, 2.24) is 4.90 Å². The first kappa shape index (κ1) is 17.8. The van der Waals surface area contributed by atoms with E-state index in [0.29, 0.717) is 11.3 Å². The average molecular weight is 338 g/mol. The van der Waals surface area contributed by atoms with Crippen LogP contribution >= 0.6 is 0 Å². The highest BCUT2D eigenvalue weighted by Gasteiger charge is 2.40. The van der Waals surface area contributed by atoms with Gasteiger partial charge in [0.1, 0.15) is 0 Å². The van der Waals surface area contributed by atoms with Gasteiger partial charge in [0.25, 0.3) is 0 Å². The van der Waals surface area contributed by atoms with Crippen LogP contribution in [0.15, 0.2) is 60.7 Å². The van der Waals surface area contributed by atoms with E-state index in [1.54, 1.807) is 60.7 Å². The lowest BCUT2D eigenvalue weighted by Gasteiger charge is -2.26. The Kier molecular flexibility index (Phi) is 5.81. The van der Waals surface area contributed by atoms with Gasteiger partial charge in [-0.2, -0.15) is 13.2 Å². The predicted octanol–water partition coefficient (Wildman–Crippen LogP) is 3.64. The van der Waals surface area contributed by atoms with Crippen molar-refractivity contribution in [2.75, 3.05) is 11.9 Å². The van der Waals surface area contributed by atoms with Crippen molar-refractivity contribution in [2.45, 2.75) is 18.8 Å². The number of aliphatic hydroxyl groups is 1. The number of amides is 2. The number of carbonyl (C=O) groups is 1. The molecule has 2 aromatic carbocycles. The molecule has 2 rings (SSSR count). The average Bonchev–Trinajstić information content (AvgIpc) is 2.55. The van der Waals surface area contributed by atoms with Gasteiger partial charge in [-0.15, -0.1) is 0 Å². The van der Waals surface area contributed by atoms with Crippen LogP contribution in [0, 0.1) is 0 Å². The van der Waals surface area contributed by atoms with Crippen LogP contribution in [0.25, 0.3) is 0 Å². The number of anilines is 1. The molecule has 0 heterocycles. The molecule has 2 N–H and O–H groups in total. The first-order valence-corrected chi connectivity index (χ1v) is 7.26. The molecule has 0 aliphatic heterocycles. The van der Waals surface area contributed by atoms with Gasteiger partial charge in [-0.05, 0) is 17.7 Å². The summed E-state index contributed by atoms with van der Waals surface area (Å²) in [6.45, 7) is -0.899. The molecular weight excluding hydrogens is 321 g/mol. The second kappa shape index (κ2) is 7.83. The lowest BCUT2D eigenvalue weighted by atomic mass is 10.2. The van der Waals surface area contributed by atoms with E-state index in [0.717, 1.165) is 4.90 Å². The molecule has 0 aliphatic rings. The Morgan fingerprint density at radius 2 is 1.58 bits per heavy atom. The number of carbonyl (C=O) groups excluding carboxylic acids is 1. The fourth-order valence-electron chi connectivity index (χ4n) is 2.06. The second-order valence-corrected chi connectivity index (χ2v) is 5.22. The van der Waals surface area contributed by atoms with Crippen molar-refractivity contribution in [3.63, 3.8) is 0 Å². The van der Waals surface area contributed by atoms with Gasteiger partial charge in [-0.3, -0.25) is 0 Å². The molecule has 0 fully saturated rings. The minimum Gasteiger partial charge on any atom is -0.382 e. The first-order chi connectivity index (χ1) is 11.4. The number of hydrogen-bond acceptors (Lipinski definition) is 2. The fraction of sp³-hybridized carbons (Fsp3) is 0.235. The molecule has 7 heteroatoms. The Morgan fingerprint density at radius 1 is 1.04 bits per heavy atom. The lowest BCUT2D eigenvalue weighted by Crippen LogP contribution is -2.45. The third-order valence-electron chi connectivity index (χ3n) is 3.30. The summed E-state index contributed by atoms with van der Waals surface area (Å²) >= 11 is 0. The van der Waals surface area contributed by atoms with E-state index < -0.39 is 24.9 Å². The minimum absolute atomic E-state index is 0.0490. The van der Waals surface area contributed by atoms with Crippen molar-refractivity contribution in [1.29, 1.82) is 0 Å². The molecule has 0 saturated heterocycles. The van der Waals surface area contributed by atoms with Crippen LogP contribution in [0.4, 0.5) is 23.7 Å². The van der Waals surface area contributed by atoms with Crippen molar-refractivity contribution in [2.24, 2.45) is 0 Å². The molecule has 1 atom stereocenters. The Morgan fingerprint density at radius 3 is 2.12 bits per heavy atom. The van der Waals surface area contributed by atoms with Crippen LogP contribution < -0.4 is 5.32 Å². The molecule has 24 heavy (non-hydrogen) atoms. The van der Waals surface area contributed by atoms with Crippen LogP contribution in [-0.2, 0) is 6.54 Å². The molecule has 4 nitrogen and oxygen atoms in total. The van der Waals surface area contributed by atoms with Crippen LogP contribution in [-0.4, -0.2) is 34.9 Å². The number of halogens is 3. The maximum atomic E-state index is 12.6. The standard InChI is InChI=1S/C17H17F3N2O2/c18-17(19,20)15(23)12-22(11-13-7-3-1-4-8-13)16(24)21-14-9-5-2-6-10-14/h1-10,15,23H,11-12H2,(H,21,24)/t15-/m0/s1. The van der Waals surface area contributed by atoms with E-state index in [2.05, 4.69) is 5.32 Å². The van der Waals surface area contributed by atoms with Gasteiger partial charge in [-0.1, -0.05) is 48.5 Å². The number of hydrogen-bond donors (Lipinski definition) is 2. The quantitative estimate of drug-likeness (QED) is 0.874. The lowest BCUT2D eigenvalue weighted by molar-refractivity contribution is -0.206. The van der Waals surface area contributed by atoms with Gasteiger partial charge in [0, 0.05) is 12.2 Å². The number of benzene rings is 2. The highest BCUT2D eigenvalue weighted by Crippen LogP contribution is 2.22. The molecule has 2 aromatic rings.